The zero-order valence-corrected chi connectivity index (χ0v) is 12.5. The summed E-state index contributed by atoms with van der Waals surface area (Å²) in [6.07, 6.45) is 0. The van der Waals surface area contributed by atoms with Crippen LogP contribution in [0.5, 0.6) is 0 Å². The molecule has 21 heavy (non-hydrogen) atoms. The van der Waals surface area contributed by atoms with Gasteiger partial charge < -0.3 is 0 Å². The molecule has 3 aromatic carbocycles. The molecule has 0 heterocycles. The van der Waals surface area contributed by atoms with Gasteiger partial charge in [-0.25, -0.2) is 0 Å². The molecule has 0 spiro atoms. The van der Waals surface area contributed by atoms with Gasteiger partial charge in [0.1, 0.15) is 0 Å². The summed E-state index contributed by atoms with van der Waals surface area (Å²) in [5.74, 6) is -0.0651. The van der Waals surface area contributed by atoms with Crippen molar-refractivity contribution < 1.29 is 0 Å². The molecule has 0 saturated carbocycles. The first-order valence-corrected chi connectivity index (χ1v) is 7.21. The third-order valence-corrected chi connectivity index (χ3v) is 3.79. The molecule has 0 amide bonds. The topological polar surface area (TPSA) is 0 Å². The molecule has 0 unspecified atom stereocenters. The fourth-order valence-electron chi connectivity index (χ4n) is 2.30. The molecule has 2 heteroatoms. The molecule has 0 saturated heterocycles. The molecule has 0 aromatic heterocycles. The van der Waals surface area contributed by atoms with Crippen LogP contribution in [-0.2, 0) is 0 Å². The summed E-state index contributed by atoms with van der Waals surface area (Å²) in [5, 5.41) is 1.25. The van der Waals surface area contributed by atoms with Gasteiger partial charge in [0, 0.05) is 16.0 Å². The van der Waals surface area contributed by atoms with Gasteiger partial charge in [0.05, 0.1) is 0 Å². The highest BCUT2D eigenvalue weighted by Gasteiger charge is 2.19. The molecule has 0 bridgehead atoms. The zero-order valence-electron chi connectivity index (χ0n) is 11.0. The molecule has 4 radical (unpaired) electrons. The highest BCUT2D eigenvalue weighted by atomic mass is 35.5. The van der Waals surface area contributed by atoms with Crippen LogP contribution in [0.2, 0.25) is 10.0 Å². The van der Waals surface area contributed by atoms with E-state index in [1.807, 2.05) is 48.5 Å². The van der Waals surface area contributed by atoms with Crippen LogP contribution in [-0.4, -0.2) is 0 Å². The van der Waals surface area contributed by atoms with Crippen LogP contribution in [0.25, 0.3) is 0 Å². The van der Waals surface area contributed by atoms with E-state index < -0.39 is 0 Å². The smallest absolute Gasteiger partial charge is 0.0462 e. The highest BCUT2D eigenvalue weighted by Crippen LogP contribution is 2.36. The van der Waals surface area contributed by atoms with Gasteiger partial charge in [-0.1, -0.05) is 53.5 Å². The van der Waals surface area contributed by atoms with Crippen molar-refractivity contribution in [2.24, 2.45) is 0 Å². The third kappa shape index (κ3) is 3.12. The van der Waals surface area contributed by atoms with Crippen molar-refractivity contribution in [3.05, 3.63) is 106 Å². The Morgan fingerprint density at radius 3 is 1.90 bits per heavy atom. The molecule has 0 N–H and O–H groups in total. The second-order valence-electron chi connectivity index (χ2n) is 4.59. The number of hydrogen-bond acceptors (Lipinski definition) is 0. The van der Waals surface area contributed by atoms with Gasteiger partial charge in [-0.2, -0.15) is 0 Å². The van der Waals surface area contributed by atoms with Crippen molar-refractivity contribution in [2.45, 2.75) is 5.92 Å². The fraction of sp³-hybridized carbons (Fsp3) is 0.0526. The van der Waals surface area contributed by atoms with E-state index in [1.165, 1.54) is 0 Å². The fourth-order valence-corrected chi connectivity index (χ4v) is 2.82. The van der Waals surface area contributed by atoms with E-state index in [0.29, 0.717) is 10.0 Å². The molecule has 0 atom stereocenters. The highest BCUT2D eigenvalue weighted by molar-refractivity contribution is 6.35. The molecule has 0 aliphatic rings. The molecule has 3 rings (SSSR count). The Labute approximate surface area is 135 Å². The van der Waals surface area contributed by atoms with Gasteiger partial charge in [0.2, 0.25) is 0 Å². The van der Waals surface area contributed by atoms with Crippen LogP contribution in [0.3, 0.4) is 0 Å². The third-order valence-electron chi connectivity index (χ3n) is 3.23. The first-order valence-electron chi connectivity index (χ1n) is 6.46. The average molecular weight is 309 g/mol. The summed E-state index contributed by atoms with van der Waals surface area (Å²) in [7, 11) is 0. The first-order chi connectivity index (χ1) is 10.3. The summed E-state index contributed by atoms with van der Waals surface area (Å²) in [6.45, 7) is 0. The average Bonchev–Trinajstić information content (AvgIpc) is 2.52. The van der Waals surface area contributed by atoms with Crippen LogP contribution in [0.1, 0.15) is 22.6 Å². The molecule has 0 aliphatic heterocycles. The maximum Gasteiger partial charge on any atom is 0.0462 e. The van der Waals surface area contributed by atoms with Crippen molar-refractivity contribution in [1.29, 1.82) is 0 Å². The lowest BCUT2D eigenvalue weighted by Crippen LogP contribution is -2.04. The maximum absolute atomic E-state index is 6.39. The Hall–Kier alpha value is -1.76. The van der Waals surface area contributed by atoms with E-state index in [0.717, 1.165) is 16.7 Å². The molecule has 0 aliphatic carbocycles. The van der Waals surface area contributed by atoms with E-state index in [4.69, 9.17) is 23.2 Å². The zero-order chi connectivity index (χ0) is 14.7. The predicted molar refractivity (Wildman–Crippen MR) is 85.6 cm³/mol. The molecule has 0 nitrogen and oxygen atoms in total. The Balaban J connectivity index is 2.17. The summed E-state index contributed by atoms with van der Waals surface area (Å²) in [4.78, 5) is 0. The summed E-state index contributed by atoms with van der Waals surface area (Å²) < 4.78 is 0. The van der Waals surface area contributed by atoms with Crippen molar-refractivity contribution in [3.8, 4) is 0 Å². The normalized spacial score (nSPS) is 10.8. The predicted octanol–water partition coefficient (Wildman–Crippen LogP) is 5.37. The molecule has 100 valence electrons. The van der Waals surface area contributed by atoms with Gasteiger partial charge in [0.15, 0.2) is 0 Å². The summed E-state index contributed by atoms with van der Waals surface area (Å²) >= 11 is 12.4. The minimum Gasteiger partial charge on any atom is -0.0843 e. The molecular formula is C19H10Cl2. The van der Waals surface area contributed by atoms with E-state index >= 15 is 0 Å². The Kier molecular flexibility index (Phi) is 4.28. The minimum atomic E-state index is -0.0651. The molecular weight excluding hydrogens is 299 g/mol. The van der Waals surface area contributed by atoms with Gasteiger partial charge in [-0.3, -0.25) is 0 Å². The van der Waals surface area contributed by atoms with Gasteiger partial charge >= 0.3 is 0 Å². The Bertz CT molecular complexity index is 682. The van der Waals surface area contributed by atoms with Crippen molar-refractivity contribution in [3.63, 3.8) is 0 Å². The second-order valence-corrected chi connectivity index (χ2v) is 5.43. The molecule has 0 fully saturated rings. The lowest BCUT2D eigenvalue weighted by Gasteiger charge is -2.19. The van der Waals surface area contributed by atoms with Crippen LogP contribution in [0.15, 0.2) is 54.6 Å². The van der Waals surface area contributed by atoms with Crippen LogP contribution in [0, 0.1) is 24.3 Å². The summed E-state index contributed by atoms with van der Waals surface area (Å²) in [5.41, 5.74) is 2.93. The lowest BCUT2D eigenvalue weighted by atomic mass is 9.85. The number of halogens is 2. The Morgan fingerprint density at radius 2 is 1.43 bits per heavy atom. The first kappa shape index (κ1) is 14.2. The van der Waals surface area contributed by atoms with E-state index in [1.54, 1.807) is 6.07 Å². The lowest BCUT2D eigenvalue weighted by molar-refractivity contribution is 0.972. The minimum absolute atomic E-state index is 0.0651. The maximum atomic E-state index is 6.39. The van der Waals surface area contributed by atoms with E-state index in [-0.39, 0.29) is 5.92 Å². The van der Waals surface area contributed by atoms with Gasteiger partial charge in [-0.15, -0.1) is 0 Å². The van der Waals surface area contributed by atoms with Crippen molar-refractivity contribution in [1.82, 2.24) is 0 Å². The molecule has 3 aromatic rings. The SMILES string of the molecule is Clc1ccc(C(c2[c]cc[c]c2)c2[c]cc[c]c2)c(Cl)c1. The van der Waals surface area contributed by atoms with Crippen LogP contribution < -0.4 is 0 Å². The Morgan fingerprint density at radius 1 is 0.810 bits per heavy atom. The van der Waals surface area contributed by atoms with Crippen molar-refractivity contribution >= 4 is 23.2 Å². The van der Waals surface area contributed by atoms with E-state index in [9.17, 15) is 0 Å². The number of benzene rings is 3. The monoisotopic (exact) mass is 308 g/mol. The van der Waals surface area contributed by atoms with E-state index in [2.05, 4.69) is 24.3 Å². The van der Waals surface area contributed by atoms with Crippen molar-refractivity contribution in [2.75, 3.05) is 0 Å². The van der Waals surface area contributed by atoms with Crippen LogP contribution >= 0.6 is 23.2 Å². The quantitative estimate of drug-likeness (QED) is 0.570. The summed E-state index contributed by atoms with van der Waals surface area (Å²) in [6, 6.07) is 29.4. The van der Waals surface area contributed by atoms with Crippen LogP contribution in [0.4, 0.5) is 0 Å². The largest absolute Gasteiger partial charge is 0.0843 e. The number of hydrogen-bond donors (Lipinski definition) is 0. The standard InChI is InChI=1S/C19H10Cl2/c20-16-11-12-17(18(21)13-16)19(14-7-3-1-4-8-14)15-9-5-2-6-10-15/h1-3,5,8,10-13,19H. The second kappa shape index (κ2) is 6.34. The van der Waals surface area contributed by atoms with Gasteiger partial charge in [0.25, 0.3) is 0 Å². The van der Waals surface area contributed by atoms with Gasteiger partial charge in [-0.05, 0) is 65.2 Å². The number of rotatable bonds is 3.